The van der Waals surface area contributed by atoms with Crippen LogP contribution in [0.25, 0.3) is 10.7 Å². The Hall–Kier alpha value is -2.40. The highest BCUT2D eigenvalue weighted by atomic mass is 32.2. The van der Waals surface area contributed by atoms with Gasteiger partial charge in [-0.25, -0.2) is 0 Å². The van der Waals surface area contributed by atoms with Crippen molar-refractivity contribution >= 4 is 34.0 Å². The molecule has 0 atom stereocenters. The summed E-state index contributed by atoms with van der Waals surface area (Å²) >= 11 is 1.89. The molecule has 0 unspecified atom stereocenters. The summed E-state index contributed by atoms with van der Waals surface area (Å²) in [5.41, 5.74) is 3.60. The molecule has 1 aliphatic rings. The van der Waals surface area contributed by atoms with E-state index in [0.717, 1.165) is 75.4 Å². The minimum Gasteiger partial charge on any atom is -0.491 e. The molecule has 3 rings (SSSR count). The van der Waals surface area contributed by atoms with Gasteiger partial charge in [-0.2, -0.15) is 0 Å². The average molecular weight is 677 g/mol. The minimum atomic E-state index is 0.388. The Morgan fingerprint density at radius 1 is 0.625 bits per heavy atom. The number of ether oxygens (including phenoxy) is 1. The average Bonchev–Trinajstić information content (AvgIpc) is 3.13. The highest BCUT2D eigenvalue weighted by Crippen LogP contribution is 2.39. The van der Waals surface area contributed by atoms with Gasteiger partial charge in [-0.05, 0) is 43.4 Å². The summed E-state index contributed by atoms with van der Waals surface area (Å²) in [6.45, 7) is 8.23. The second-order valence-electron chi connectivity index (χ2n) is 13.8. The van der Waals surface area contributed by atoms with E-state index >= 15 is 0 Å². The van der Waals surface area contributed by atoms with Crippen molar-refractivity contribution in [3.63, 3.8) is 0 Å². The van der Waals surface area contributed by atoms with Gasteiger partial charge in [0.25, 0.3) is 0 Å². The largest absolute Gasteiger partial charge is 0.491 e. The zero-order valence-electron chi connectivity index (χ0n) is 31.0. The van der Waals surface area contributed by atoms with Crippen molar-refractivity contribution in [1.29, 1.82) is 0 Å². The number of hydrogen-bond acceptors (Lipinski definition) is 4. The number of hydrogen-bond donors (Lipinski definition) is 0. The van der Waals surface area contributed by atoms with E-state index < -0.39 is 0 Å². The number of unbranched alkanes of at least 4 members (excludes halogenated alkanes) is 16. The quantitative estimate of drug-likeness (QED) is 0.0882. The van der Waals surface area contributed by atoms with Gasteiger partial charge in [-0.1, -0.05) is 153 Å². The lowest BCUT2D eigenvalue weighted by Gasteiger charge is -2.24. The highest BCUT2D eigenvalue weighted by Gasteiger charge is 2.18. The van der Waals surface area contributed by atoms with Crippen LogP contribution in [0.5, 0.6) is 0 Å². The Labute approximate surface area is 299 Å². The maximum absolute atomic E-state index is 13.3. The molecule has 1 aliphatic heterocycles. The fraction of sp³-hybridized carbons (Fsp3) is 0.651. The molecule has 4 nitrogen and oxygen atoms in total. The first-order chi connectivity index (χ1) is 23.6. The topological polar surface area (TPSA) is 32.8 Å². The molecule has 1 heterocycles. The van der Waals surface area contributed by atoms with E-state index in [9.17, 15) is 4.79 Å². The summed E-state index contributed by atoms with van der Waals surface area (Å²) < 4.78 is 6.13. The summed E-state index contributed by atoms with van der Waals surface area (Å²) in [7, 11) is 2.18. The molecular weight excluding hydrogens is 609 g/mol. The van der Waals surface area contributed by atoms with Gasteiger partial charge in [0.15, 0.2) is 0 Å². The van der Waals surface area contributed by atoms with Crippen LogP contribution in [0, 0.1) is 0 Å². The van der Waals surface area contributed by atoms with Crippen molar-refractivity contribution in [3.05, 3.63) is 65.7 Å². The van der Waals surface area contributed by atoms with Gasteiger partial charge in [-0.15, -0.1) is 11.8 Å². The first kappa shape index (κ1) is 40.0. The van der Waals surface area contributed by atoms with Gasteiger partial charge in [0.1, 0.15) is 5.76 Å². The van der Waals surface area contributed by atoms with Gasteiger partial charge in [0.2, 0.25) is 5.91 Å². The van der Waals surface area contributed by atoms with Crippen LogP contribution in [0.2, 0.25) is 0 Å². The molecule has 0 fully saturated rings. The Morgan fingerprint density at radius 2 is 1.15 bits per heavy atom. The summed E-state index contributed by atoms with van der Waals surface area (Å²) in [6, 6.07) is 19.4. The molecule has 5 heteroatoms. The van der Waals surface area contributed by atoms with Crippen LogP contribution < -0.4 is 4.90 Å². The molecule has 0 N–H and O–H groups in total. The Morgan fingerprint density at radius 3 is 1.73 bits per heavy atom. The first-order valence-electron chi connectivity index (χ1n) is 19.8. The Kier molecular flexibility index (Phi) is 21.3. The standard InChI is InChI=1S/C43H68N2O2S/c1-4-6-8-10-12-14-16-24-34-45(35-25-17-15-13-11-9-7-5-2)41(46)28-22-19-23-33-44(3)40-31-29-39(30-32-40)43-42(47-36-37-48-43)38-26-20-18-21-27-38/h18,20-21,26-27,29-32H,4-17,19,22-25,28,33-37H2,1-3H3. The molecule has 0 bridgehead atoms. The van der Waals surface area contributed by atoms with E-state index in [1.807, 2.05) is 17.8 Å². The molecule has 0 aromatic heterocycles. The van der Waals surface area contributed by atoms with Gasteiger partial charge < -0.3 is 14.5 Å². The summed E-state index contributed by atoms with van der Waals surface area (Å²) in [5.74, 6) is 2.36. The van der Waals surface area contributed by atoms with Gasteiger partial charge in [0.05, 0.1) is 11.5 Å². The third-order valence-corrected chi connectivity index (χ3v) is 10.8. The van der Waals surface area contributed by atoms with E-state index in [2.05, 4.69) is 79.2 Å². The number of carbonyl (C=O) groups excluding carboxylic acids is 1. The Balaban J connectivity index is 1.38. The van der Waals surface area contributed by atoms with E-state index in [0.29, 0.717) is 12.3 Å². The fourth-order valence-electron chi connectivity index (χ4n) is 6.63. The van der Waals surface area contributed by atoms with Crippen molar-refractivity contribution in [2.75, 3.05) is 43.9 Å². The molecule has 48 heavy (non-hydrogen) atoms. The zero-order valence-corrected chi connectivity index (χ0v) is 31.8. The summed E-state index contributed by atoms with van der Waals surface area (Å²) in [5, 5.41) is 0. The SMILES string of the molecule is CCCCCCCCCCN(CCCCCCCCCC)C(=O)CCCCCN(C)c1ccc(C2=C(c3ccccc3)OCCS2)cc1. The number of rotatable bonds is 27. The van der Waals surface area contributed by atoms with Crippen LogP contribution in [0.15, 0.2) is 54.6 Å². The van der Waals surface area contributed by atoms with Crippen molar-refractivity contribution in [1.82, 2.24) is 4.90 Å². The minimum absolute atomic E-state index is 0.388. The van der Waals surface area contributed by atoms with Crippen molar-refractivity contribution in [2.45, 2.75) is 142 Å². The van der Waals surface area contributed by atoms with E-state index in [1.54, 1.807) is 0 Å². The molecule has 0 saturated heterocycles. The molecule has 0 aliphatic carbocycles. The van der Waals surface area contributed by atoms with E-state index in [1.165, 1.54) is 106 Å². The smallest absolute Gasteiger partial charge is 0.222 e. The highest BCUT2D eigenvalue weighted by molar-refractivity contribution is 8.08. The fourth-order valence-corrected chi connectivity index (χ4v) is 7.61. The third-order valence-electron chi connectivity index (χ3n) is 9.69. The van der Waals surface area contributed by atoms with Crippen molar-refractivity contribution in [3.8, 4) is 0 Å². The number of anilines is 1. The molecular formula is C43H68N2O2S. The summed E-state index contributed by atoms with van der Waals surface area (Å²) in [6.07, 6.45) is 25.0. The second kappa shape index (κ2) is 25.6. The van der Waals surface area contributed by atoms with Crippen LogP contribution in [0.1, 0.15) is 153 Å². The van der Waals surface area contributed by atoms with Crippen LogP contribution in [0.3, 0.4) is 0 Å². The van der Waals surface area contributed by atoms with Crippen molar-refractivity contribution < 1.29 is 9.53 Å². The monoisotopic (exact) mass is 677 g/mol. The van der Waals surface area contributed by atoms with E-state index in [-0.39, 0.29) is 0 Å². The van der Waals surface area contributed by atoms with Gasteiger partial charge in [0, 0.05) is 50.1 Å². The third kappa shape index (κ3) is 15.9. The molecule has 0 radical (unpaired) electrons. The number of nitrogens with zero attached hydrogens (tertiary/aromatic N) is 2. The molecule has 2 aromatic carbocycles. The van der Waals surface area contributed by atoms with E-state index in [4.69, 9.17) is 4.74 Å². The van der Waals surface area contributed by atoms with Crippen LogP contribution in [0.4, 0.5) is 5.69 Å². The van der Waals surface area contributed by atoms with Crippen LogP contribution >= 0.6 is 11.8 Å². The predicted octanol–water partition coefficient (Wildman–Crippen LogP) is 12.4. The maximum Gasteiger partial charge on any atom is 0.222 e. The maximum atomic E-state index is 13.3. The molecule has 1 amide bonds. The normalized spacial score (nSPS) is 13.1. The lowest BCUT2D eigenvalue weighted by atomic mass is 10.1. The van der Waals surface area contributed by atoms with Crippen molar-refractivity contribution in [2.24, 2.45) is 0 Å². The number of thioether (sulfide) groups is 1. The molecule has 2 aromatic rings. The molecule has 0 spiro atoms. The van der Waals surface area contributed by atoms with Crippen LogP contribution in [-0.2, 0) is 9.53 Å². The number of amides is 1. The molecule has 268 valence electrons. The molecule has 0 saturated carbocycles. The van der Waals surface area contributed by atoms with Gasteiger partial charge >= 0.3 is 0 Å². The van der Waals surface area contributed by atoms with Gasteiger partial charge in [-0.3, -0.25) is 4.79 Å². The first-order valence-corrected chi connectivity index (χ1v) is 20.8. The van der Waals surface area contributed by atoms with Crippen LogP contribution in [-0.4, -0.2) is 49.8 Å². The lowest BCUT2D eigenvalue weighted by Crippen LogP contribution is -2.32. The zero-order chi connectivity index (χ0) is 34.1. The number of carbonyl (C=O) groups is 1. The lowest BCUT2D eigenvalue weighted by molar-refractivity contribution is -0.131. The number of benzene rings is 2. The second-order valence-corrected chi connectivity index (χ2v) is 14.9. The Bertz CT molecular complexity index is 1110. The summed E-state index contributed by atoms with van der Waals surface area (Å²) in [4.78, 5) is 19.1. The predicted molar refractivity (Wildman–Crippen MR) is 212 cm³/mol.